The molecule has 0 aliphatic heterocycles. The molecule has 2 aromatic rings. The number of aromatic nitrogens is 1. The van der Waals surface area contributed by atoms with Crippen LogP contribution >= 0.6 is 0 Å². The van der Waals surface area contributed by atoms with E-state index in [1.165, 1.54) is 5.56 Å². The summed E-state index contributed by atoms with van der Waals surface area (Å²) in [6.07, 6.45) is 3.41. The minimum Gasteiger partial charge on any atom is -0.481 e. The minimum atomic E-state index is -0.227. The first-order chi connectivity index (χ1) is 10.3. The molecular weight excluding hydrogens is 266 g/mol. The van der Waals surface area contributed by atoms with Crippen LogP contribution in [-0.4, -0.2) is 24.7 Å². The second kappa shape index (κ2) is 7.89. The van der Waals surface area contributed by atoms with Crippen molar-refractivity contribution >= 4 is 11.7 Å². The number of rotatable bonds is 6. The van der Waals surface area contributed by atoms with Gasteiger partial charge in [0, 0.05) is 12.6 Å². The van der Waals surface area contributed by atoms with Crippen LogP contribution in [-0.2, 0) is 6.42 Å². The molecule has 2 amide bonds. The van der Waals surface area contributed by atoms with Crippen molar-refractivity contribution in [3.8, 4) is 5.88 Å². The molecule has 0 atom stereocenters. The molecular formula is C16H19N3O2. The molecule has 0 fully saturated rings. The summed E-state index contributed by atoms with van der Waals surface area (Å²) in [4.78, 5) is 15.7. The van der Waals surface area contributed by atoms with Gasteiger partial charge in [-0.1, -0.05) is 30.3 Å². The van der Waals surface area contributed by atoms with E-state index in [4.69, 9.17) is 4.74 Å². The molecule has 0 bridgehead atoms. The standard InChI is InChI=1S/C16H19N3O2/c1-21-15-10-9-14(12-18-15)19-16(20)17-11-5-8-13-6-3-2-4-7-13/h2-4,6-7,9-10,12H,5,8,11H2,1H3,(H2,17,19,20). The summed E-state index contributed by atoms with van der Waals surface area (Å²) in [5.41, 5.74) is 1.91. The highest BCUT2D eigenvalue weighted by Crippen LogP contribution is 2.10. The molecule has 0 radical (unpaired) electrons. The van der Waals surface area contributed by atoms with Gasteiger partial charge in [0.25, 0.3) is 0 Å². The fourth-order valence-corrected chi connectivity index (χ4v) is 1.89. The average Bonchev–Trinajstić information content (AvgIpc) is 2.53. The molecule has 2 N–H and O–H groups in total. The number of nitrogens with one attached hydrogen (secondary N) is 2. The maximum atomic E-state index is 11.7. The summed E-state index contributed by atoms with van der Waals surface area (Å²) in [5.74, 6) is 0.517. The lowest BCUT2D eigenvalue weighted by Gasteiger charge is -2.08. The predicted molar refractivity (Wildman–Crippen MR) is 82.6 cm³/mol. The highest BCUT2D eigenvalue weighted by Gasteiger charge is 2.02. The van der Waals surface area contributed by atoms with Crippen LogP contribution in [0.5, 0.6) is 5.88 Å². The highest BCUT2D eigenvalue weighted by atomic mass is 16.5. The molecule has 1 aromatic heterocycles. The first kappa shape index (κ1) is 14.8. The molecule has 0 saturated carbocycles. The van der Waals surface area contributed by atoms with Crippen LogP contribution in [0.1, 0.15) is 12.0 Å². The number of hydrogen-bond donors (Lipinski definition) is 2. The van der Waals surface area contributed by atoms with Crippen molar-refractivity contribution in [3.63, 3.8) is 0 Å². The van der Waals surface area contributed by atoms with Crippen LogP contribution in [0.3, 0.4) is 0 Å². The van der Waals surface area contributed by atoms with Crippen LogP contribution < -0.4 is 15.4 Å². The van der Waals surface area contributed by atoms with Gasteiger partial charge in [0.2, 0.25) is 5.88 Å². The zero-order valence-corrected chi connectivity index (χ0v) is 12.0. The number of pyridine rings is 1. The van der Waals surface area contributed by atoms with Crippen LogP contribution in [0.25, 0.3) is 0 Å². The Morgan fingerprint density at radius 3 is 2.67 bits per heavy atom. The fourth-order valence-electron chi connectivity index (χ4n) is 1.89. The quantitative estimate of drug-likeness (QED) is 0.802. The van der Waals surface area contributed by atoms with Gasteiger partial charge in [0.05, 0.1) is 19.0 Å². The Morgan fingerprint density at radius 2 is 2.00 bits per heavy atom. The maximum Gasteiger partial charge on any atom is 0.319 e. The van der Waals surface area contributed by atoms with Gasteiger partial charge in [0.1, 0.15) is 0 Å². The second-order valence-electron chi connectivity index (χ2n) is 4.56. The third-order valence-electron chi connectivity index (χ3n) is 2.97. The summed E-state index contributed by atoms with van der Waals surface area (Å²) < 4.78 is 4.96. The number of hydrogen-bond acceptors (Lipinski definition) is 3. The first-order valence-corrected chi connectivity index (χ1v) is 6.87. The SMILES string of the molecule is COc1ccc(NC(=O)NCCCc2ccccc2)cn1. The molecule has 110 valence electrons. The minimum absolute atomic E-state index is 0.227. The number of carbonyl (C=O) groups excluding carboxylic acids is 1. The Kier molecular flexibility index (Phi) is 5.58. The van der Waals surface area contributed by atoms with Crippen molar-refractivity contribution in [3.05, 3.63) is 54.2 Å². The lowest BCUT2D eigenvalue weighted by Crippen LogP contribution is -2.29. The number of amides is 2. The van der Waals surface area contributed by atoms with E-state index in [0.29, 0.717) is 18.1 Å². The Bertz CT molecular complexity index is 555. The van der Waals surface area contributed by atoms with Crippen molar-refractivity contribution in [2.75, 3.05) is 19.0 Å². The number of aryl methyl sites for hydroxylation is 1. The lowest BCUT2D eigenvalue weighted by atomic mass is 10.1. The topological polar surface area (TPSA) is 63.2 Å². The highest BCUT2D eigenvalue weighted by molar-refractivity contribution is 5.88. The molecule has 0 unspecified atom stereocenters. The van der Waals surface area contributed by atoms with Crippen LogP contribution in [0, 0.1) is 0 Å². The molecule has 0 saturated heterocycles. The molecule has 5 nitrogen and oxygen atoms in total. The van der Waals surface area contributed by atoms with Gasteiger partial charge in [-0.2, -0.15) is 0 Å². The van der Waals surface area contributed by atoms with Crippen molar-refractivity contribution in [2.24, 2.45) is 0 Å². The number of urea groups is 1. The van der Waals surface area contributed by atoms with Gasteiger partial charge in [0.15, 0.2) is 0 Å². The molecule has 1 aromatic carbocycles. The molecule has 1 heterocycles. The molecule has 21 heavy (non-hydrogen) atoms. The van der Waals surface area contributed by atoms with Gasteiger partial charge in [-0.05, 0) is 24.5 Å². The van der Waals surface area contributed by atoms with E-state index < -0.39 is 0 Å². The zero-order valence-electron chi connectivity index (χ0n) is 12.0. The van der Waals surface area contributed by atoms with Gasteiger partial charge in [-0.3, -0.25) is 0 Å². The predicted octanol–water partition coefficient (Wildman–Crippen LogP) is 2.84. The van der Waals surface area contributed by atoms with E-state index in [1.807, 2.05) is 18.2 Å². The second-order valence-corrected chi connectivity index (χ2v) is 4.56. The normalized spacial score (nSPS) is 9.95. The number of methoxy groups -OCH3 is 1. The Labute approximate surface area is 124 Å². The zero-order chi connectivity index (χ0) is 14.9. The van der Waals surface area contributed by atoms with Crippen molar-refractivity contribution in [1.82, 2.24) is 10.3 Å². The fraction of sp³-hybridized carbons (Fsp3) is 0.250. The van der Waals surface area contributed by atoms with E-state index in [-0.39, 0.29) is 6.03 Å². The van der Waals surface area contributed by atoms with Crippen molar-refractivity contribution in [2.45, 2.75) is 12.8 Å². The van der Waals surface area contributed by atoms with Crippen LogP contribution in [0.2, 0.25) is 0 Å². The summed E-state index contributed by atoms with van der Waals surface area (Å²) in [6, 6.07) is 13.4. The summed E-state index contributed by atoms with van der Waals surface area (Å²) in [7, 11) is 1.55. The Hall–Kier alpha value is -2.56. The summed E-state index contributed by atoms with van der Waals surface area (Å²) in [5, 5.41) is 5.54. The molecule has 0 aliphatic carbocycles. The maximum absolute atomic E-state index is 11.7. The van der Waals surface area contributed by atoms with Crippen molar-refractivity contribution in [1.29, 1.82) is 0 Å². The van der Waals surface area contributed by atoms with E-state index in [2.05, 4.69) is 27.8 Å². The van der Waals surface area contributed by atoms with E-state index in [9.17, 15) is 4.79 Å². The number of nitrogens with zero attached hydrogens (tertiary/aromatic N) is 1. The smallest absolute Gasteiger partial charge is 0.319 e. The number of benzene rings is 1. The molecule has 5 heteroatoms. The number of anilines is 1. The van der Waals surface area contributed by atoms with Crippen LogP contribution in [0.4, 0.5) is 10.5 Å². The third-order valence-corrected chi connectivity index (χ3v) is 2.97. The van der Waals surface area contributed by atoms with Gasteiger partial charge in [-0.25, -0.2) is 9.78 Å². The summed E-state index contributed by atoms with van der Waals surface area (Å²) >= 11 is 0. The monoisotopic (exact) mass is 285 g/mol. The van der Waals surface area contributed by atoms with Crippen LogP contribution in [0.15, 0.2) is 48.7 Å². The third kappa shape index (κ3) is 5.14. The number of ether oxygens (including phenoxy) is 1. The molecule has 0 aliphatic rings. The van der Waals surface area contributed by atoms with E-state index >= 15 is 0 Å². The average molecular weight is 285 g/mol. The van der Waals surface area contributed by atoms with E-state index in [0.717, 1.165) is 12.8 Å². The number of carbonyl (C=O) groups is 1. The molecule has 2 rings (SSSR count). The lowest BCUT2D eigenvalue weighted by molar-refractivity contribution is 0.252. The molecule has 0 spiro atoms. The largest absolute Gasteiger partial charge is 0.481 e. The van der Waals surface area contributed by atoms with E-state index in [1.54, 1.807) is 25.4 Å². The van der Waals surface area contributed by atoms with Gasteiger partial charge in [-0.15, -0.1) is 0 Å². The Balaban J connectivity index is 1.67. The summed E-state index contributed by atoms with van der Waals surface area (Å²) in [6.45, 7) is 0.629. The Morgan fingerprint density at radius 1 is 1.19 bits per heavy atom. The van der Waals surface area contributed by atoms with Gasteiger partial charge >= 0.3 is 6.03 Å². The van der Waals surface area contributed by atoms with Gasteiger partial charge < -0.3 is 15.4 Å². The first-order valence-electron chi connectivity index (χ1n) is 6.87. The van der Waals surface area contributed by atoms with Crippen molar-refractivity contribution < 1.29 is 9.53 Å².